The van der Waals surface area contributed by atoms with Crippen molar-refractivity contribution in [3.05, 3.63) is 0 Å². The molecule has 1 saturated carbocycles. The molecule has 0 N–H and O–H groups in total. The first-order valence-electron chi connectivity index (χ1n) is 6.98. The molecule has 1 fully saturated rings. The Kier molecular flexibility index (Phi) is 6.84. The molecule has 1 atom stereocenters. The summed E-state index contributed by atoms with van der Waals surface area (Å²) in [6.45, 7) is 5.82. The van der Waals surface area contributed by atoms with Crippen LogP contribution in [0.2, 0.25) is 0 Å². The largest absolute Gasteiger partial charge is 0.466 e. The minimum absolute atomic E-state index is 0.0172. The molecule has 0 spiro atoms. The lowest BCUT2D eigenvalue weighted by Gasteiger charge is -2.29. The van der Waals surface area contributed by atoms with Crippen LogP contribution in [0, 0.1) is 5.92 Å². The van der Waals surface area contributed by atoms with E-state index < -0.39 is 0 Å². The number of hydrogen-bond acceptors (Lipinski definition) is 5. The Morgan fingerprint density at radius 3 is 2.32 bits per heavy atom. The van der Waals surface area contributed by atoms with Crippen molar-refractivity contribution < 1.29 is 23.8 Å². The zero-order valence-electron chi connectivity index (χ0n) is 12.0. The lowest BCUT2D eigenvalue weighted by Crippen LogP contribution is -2.31. The van der Waals surface area contributed by atoms with Crippen molar-refractivity contribution in [3.8, 4) is 0 Å². The molecule has 5 nitrogen and oxygen atoms in total. The first-order valence-corrected chi connectivity index (χ1v) is 6.98. The van der Waals surface area contributed by atoms with Crippen molar-refractivity contribution in [2.45, 2.75) is 58.7 Å². The van der Waals surface area contributed by atoms with Gasteiger partial charge < -0.3 is 14.2 Å². The summed E-state index contributed by atoms with van der Waals surface area (Å²) in [5, 5.41) is 0. The molecule has 1 unspecified atom stereocenters. The third-order valence-corrected chi connectivity index (χ3v) is 3.24. The summed E-state index contributed by atoms with van der Waals surface area (Å²) in [7, 11) is 0. The monoisotopic (exact) mass is 272 g/mol. The molecule has 0 heterocycles. The lowest BCUT2D eigenvalue weighted by atomic mass is 9.87. The van der Waals surface area contributed by atoms with Gasteiger partial charge >= 0.3 is 11.9 Å². The van der Waals surface area contributed by atoms with E-state index in [1.807, 2.05) is 13.8 Å². The molecule has 0 aromatic heterocycles. The minimum Gasteiger partial charge on any atom is -0.466 e. The predicted molar refractivity (Wildman–Crippen MR) is 69.6 cm³/mol. The Bertz CT molecular complexity index is 294. The molecule has 0 aromatic carbocycles. The van der Waals surface area contributed by atoms with E-state index in [2.05, 4.69) is 0 Å². The number of esters is 2. The van der Waals surface area contributed by atoms with Crippen molar-refractivity contribution in [1.82, 2.24) is 0 Å². The van der Waals surface area contributed by atoms with Crippen LogP contribution in [0.5, 0.6) is 0 Å². The zero-order chi connectivity index (χ0) is 14.3. The van der Waals surface area contributed by atoms with Crippen LogP contribution in [-0.4, -0.2) is 37.4 Å². The first kappa shape index (κ1) is 16.0. The molecule has 0 radical (unpaired) electrons. The van der Waals surface area contributed by atoms with E-state index in [0.29, 0.717) is 6.61 Å². The van der Waals surface area contributed by atoms with Gasteiger partial charge in [-0.25, -0.2) is 0 Å². The van der Waals surface area contributed by atoms with Crippen LogP contribution in [0.1, 0.15) is 46.5 Å². The molecule has 1 aliphatic rings. The molecule has 0 bridgehead atoms. The summed E-state index contributed by atoms with van der Waals surface area (Å²) in [5.41, 5.74) is 0. The summed E-state index contributed by atoms with van der Waals surface area (Å²) < 4.78 is 15.7. The van der Waals surface area contributed by atoms with Crippen LogP contribution < -0.4 is 0 Å². The molecule has 5 heteroatoms. The lowest BCUT2D eigenvalue weighted by molar-refractivity contribution is -0.153. The fraction of sp³-hybridized carbons (Fsp3) is 0.857. The summed E-state index contributed by atoms with van der Waals surface area (Å²) >= 11 is 0. The van der Waals surface area contributed by atoms with Gasteiger partial charge in [0, 0.05) is 6.92 Å². The van der Waals surface area contributed by atoms with E-state index in [1.165, 1.54) is 6.92 Å². The Labute approximate surface area is 114 Å². The van der Waals surface area contributed by atoms with Crippen LogP contribution in [0.3, 0.4) is 0 Å². The van der Waals surface area contributed by atoms with Gasteiger partial charge in [0.1, 0.15) is 6.61 Å². The average molecular weight is 272 g/mol. The second-order valence-electron chi connectivity index (χ2n) is 4.97. The number of rotatable bonds is 6. The highest BCUT2D eigenvalue weighted by Gasteiger charge is 2.28. The summed E-state index contributed by atoms with van der Waals surface area (Å²) in [4.78, 5) is 22.3. The first-order chi connectivity index (χ1) is 9.02. The van der Waals surface area contributed by atoms with Gasteiger partial charge in [-0.05, 0) is 39.5 Å². The second kappa shape index (κ2) is 8.15. The standard InChI is InChI=1S/C14H24O5/c1-4-17-14(16)12-5-7-13(8-6-12)19-10(2)9-18-11(3)15/h10,12-13H,4-9H2,1-3H3/t10?,12-,13-. The third-order valence-electron chi connectivity index (χ3n) is 3.24. The summed E-state index contributed by atoms with van der Waals surface area (Å²) in [6, 6.07) is 0. The topological polar surface area (TPSA) is 61.8 Å². The molecule has 1 aliphatic carbocycles. The highest BCUT2D eigenvalue weighted by molar-refractivity contribution is 5.72. The van der Waals surface area contributed by atoms with Gasteiger partial charge in [-0.2, -0.15) is 0 Å². The number of carbonyl (C=O) groups excluding carboxylic acids is 2. The summed E-state index contributed by atoms with van der Waals surface area (Å²) in [5.74, 6) is -0.362. The maximum atomic E-state index is 11.6. The van der Waals surface area contributed by atoms with Gasteiger partial charge in [0.25, 0.3) is 0 Å². The molecule has 0 saturated heterocycles. The molecule has 19 heavy (non-hydrogen) atoms. The number of carbonyl (C=O) groups is 2. The van der Waals surface area contributed by atoms with Gasteiger partial charge in [-0.15, -0.1) is 0 Å². The average Bonchev–Trinajstić information content (AvgIpc) is 2.37. The van der Waals surface area contributed by atoms with Crippen LogP contribution in [0.25, 0.3) is 0 Å². The Balaban J connectivity index is 2.22. The SMILES string of the molecule is CCOC(=O)[C@H]1CC[C@H](OC(C)COC(C)=O)CC1. The van der Waals surface area contributed by atoms with Crippen molar-refractivity contribution in [2.24, 2.45) is 5.92 Å². The van der Waals surface area contributed by atoms with Crippen molar-refractivity contribution in [2.75, 3.05) is 13.2 Å². The normalized spacial score (nSPS) is 24.6. The number of ether oxygens (including phenoxy) is 3. The van der Waals surface area contributed by atoms with E-state index >= 15 is 0 Å². The van der Waals surface area contributed by atoms with Crippen LogP contribution >= 0.6 is 0 Å². The van der Waals surface area contributed by atoms with Gasteiger partial charge in [0.2, 0.25) is 0 Å². The Morgan fingerprint density at radius 2 is 1.79 bits per heavy atom. The van der Waals surface area contributed by atoms with E-state index in [4.69, 9.17) is 14.2 Å². The molecular weight excluding hydrogens is 248 g/mol. The predicted octanol–water partition coefficient (Wildman–Crippen LogP) is 2.08. The van der Waals surface area contributed by atoms with Gasteiger partial charge in [0.15, 0.2) is 0 Å². The molecular formula is C14H24O5. The fourth-order valence-electron chi connectivity index (χ4n) is 2.30. The Morgan fingerprint density at radius 1 is 1.16 bits per heavy atom. The molecule has 0 aromatic rings. The van der Waals surface area contributed by atoms with Crippen LogP contribution in [0.4, 0.5) is 0 Å². The van der Waals surface area contributed by atoms with Crippen molar-refractivity contribution in [3.63, 3.8) is 0 Å². The van der Waals surface area contributed by atoms with Crippen LogP contribution in [-0.2, 0) is 23.8 Å². The minimum atomic E-state index is -0.290. The molecule has 0 amide bonds. The molecule has 1 rings (SSSR count). The smallest absolute Gasteiger partial charge is 0.308 e. The highest BCUT2D eigenvalue weighted by atomic mass is 16.6. The quantitative estimate of drug-likeness (QED) is 0.693. The zero-order valence-corrected chi connectivity index (χ0v) is 12.0. The maximum Gasteiger partial charge on any atom is 0.308 e. The third kappa shape index (κ3) is 6.05. The molecule has 110 valence electrons. The van der Waals surface area contributed by atoms with Crippen molar-refractivity contribution in [1.29, 1.82) is 0 Å². The maximum absolute atomic E-state index is 11.6. The van der Waals surface area contributed by atoms with Crippen LogP contribution in [0.15, 0.2) is 0 Å². The van der Waals surface area contributed by atoms with E-state index in [1.54, 1.807) is 0 Å². The Hall–Kier alpha value is -1.10. The van der Waals surface area contributed by atoms with E-state index in [9.17, 15) is 9.59 Å². The van der Waals surface area contributed by atoms with Gasteiger partial charge in [-0.1, -0.05) is 0 Å². The second-order valence-corrected chi connectivity index (χ2v) is 4.97. The molecule has 0 aliphatic heterocycles. The summed E-state index contributed by atoms with van der Waals surface area (Å²) in [6.07, 6.45) is 3.37. The van der Waals surface area contributed by atoms with E-state index in [0.717, 1.165) is 25.7 Å². The van der Waals surface area contributed by atoms with Crippen molar-refractivity contribution >= 4 is 11.9 Å². The van der Waals surface area contributed by atoms with Gasteiger partial charge in [-0.3, -0.25) is 9.59 Å². The number of hydrogen-bond donors (Lipinski definition) is 0. The van der Waals surface area contributed by atoms with Gasteiger partial charge in [0.05, 0.1) is 24.7 Å². The highest BCUT2D eigenvalue weighted by Crippen LogP contribution is 2.27. The van der Waals surface area contributed by atoms with E-state index in [-0.39, 0.29) is 36.7 Å². The fourth-order valence-corrected chi connectivity index (χ4v) is 2.30.